The van der Waals surface area contributed by atoms with Crippen LogP contribution in [-0.4, -0.2) is 26.8 Å². The van der Waals surface area contributed by atoms with Crippen molar-refractivity contribution in [1.82, 2.24) is 10.3 Å². The van der Waals surface area contributed by atoms with Crippen molar-refractivity contribution in [2.45, 2.75) is 26.7 Å². The van der Waals surface area contributed by atoms with Crippen LogP contribution in [0, 0.1) is 17.0 Å². The molecule has 3 aromatic rings. The number of thiocarbonyl (C=S) groups is 1. The minimum absolute atomic E-state index is 0.0521. The van der Waals surface area contributed by atoms with Crippen molar-refractivity contribution in [3.05, 3.63) is 57.6 Å². The highest BCUT2D eigenvalue weighted by atomic mass is 32.1. The highest BCUT2D eigenvalue weighted by Crippen LogP contribution is 2.28. The Morgan fingerprint density at radius 1 is 1.23 bits per heavy atom. The first-order valence-electron chi connectivity index (χ1n) is 9.35. The maximum atomic E-state index is 12.5. The number of thiazole rings is 1. The number of nitrogens with one attached hydrogen (secondary N) is 3. The van der Waals surface area contributed by atoms with E-state index in [1.807, 2.05) is 6.92 Å². The fourth-order valence-electron chi connectivity index (χ4n) is 2.86. The van der Waals surface area contributed by atoms with Gasteiger partial charge in [-0.25, -0.2) is 4.98 Å². The number of anilines is 2. The molecular formula is C20H19N5O4S2. The average Bonchev–Trinajstić information content (AvgIpc) is 3.09. The van der Waals surface area contributed by atoms with Crippen LogP contribution in [0.15, 0.2) is 36.4 Å². The number of amides is 2. The van der Waals surface area contributed by atoms with Crippen LogP contribution >= 0.6 is 23.6 Å². The van der Waals surface area contributed by atoms with E-state index in [2.05, 4.69) is 20.9 Å². The lowest BCUT2D eigenvalue weighted by atomic mass is 10.1. The molecule has 0 aliphatic carbocycles. The Labute approximate surface area is 187 Å². The van der Waals surface area contributed by atoms with Crippen molar-refractivity contribution in [3.8, 4) is 0 Å². The first-order valence-corrected chi connectivity index (χ1v) is 10.6. The second-order valence-electron chi connectivity index (χ2n) is 6.61. The van der Waals surface area contributed by atoms with Gasteiger partial charge in [-0.1, -0.05) is 24.3 Å². The molecule has 0 unspecified atom stereocenters. The maximum Gasteiger partial charge on any atom is 0.273 e. The summed E-state index contributed by atoms with van der Waals surface area (Å²) in [7, 11) is 0. The summed E-state index contributed by atoms with van der Waals surface area (Å²) < 4.78 is 0.834. The van der Waals surface area contributed by atoms with E-state index in [4.69, 9.17) is 12.2 Å². The normalized spacial score (nSPS) is 10.5. The number of carbonyl (C=O) groups is 2. The molecule has 0 fully saturated rings. The second kappa shape index (κ2) is 9.58. The summed E-state index contributed by atoms with van der Waals surface area (Å²) in [6, 6.07) is 9.62. The molecule has 2 aromatic carbocycles. The summed E-state index contributed by atoms with van der Waals surface area (Å²) in [5, 5.41) is 19.9. The summed E-state index contributed by atoms with van der Waals surface area (Å²) in [6.07, 6.45) is 1.19. The zero-order valence-electron chi connectivity index (χ0n) is 16.7. The van der Waals surface area contributed by atoms with Gasteiger partial charge in [0.2, 0.25) is 5.91 Å². The Bertz CT molecular complexity index is 1190. The Morgan fingerprint density at radius 3 is 2.71 bits per heavy atom. The largest absolute Gasteiger partial charge is 0.332 e. The standard InChI is InChI=1S/C20H19N5O4S2/c1-3-5-17(26)23-20-22-14-9-8-12(10-16(14)31-20)21-19(30)24-18(27)13-6-4-7-15(11(13)2)25(28)29/h4,6-10H,3,5H2,1-2H3,(H,22,23,26)(H2,21,24,27,30). The molecule has 0 atom stereocenters. The zero-order chi connectivity index (χ0) is 22.5. The van der Waals surface area contributed by atoms with Crippen molar-refractivity contribution in [2.24, 2.45) is 0 Å². The van der Waals surface area contributed by atoms with Crippen LogP contribution < -0.4 is 16.0 Å². The van der Waals surface area contributed by atoms with Gasteiger partial charge in [0, 0.05) is 29.3 Å². The minimum atomic E-state index is -0.543. The van der Waals surface area contributed by atoms with Crippen LogP contribution in [0.3, 0.4) is 0 Å². The van der Waals surface area contributed by atoms with Gasteiger partial charge < -0.3 is 10.6 Å². The molecule has 0 aliphatic heterocycles. The number of rotatable bonds is 6. The molecular weight excluding hydrogens is 438 g/mol. The van der Waals surface area contributed by atoms with E-state index in [1.54, 1.807) is 18.2 Å². The lowest BCUT2D eigenvalue weighted by Crippen LogP contribution is -2.34. The lowest BCUT2D eigenvalue weighted by Gasteiger charge is -2.11. The number of aromatic nitrogens is 1. The maximum absolute atomic E-state index is 12.5. The van der Waals surface area contributed by atoms with Crippen molar-refractivity contribution in [3.63, 3.8) is 0 Å². The third-order valence-corrected chi connectivity index (χ3v) is 5.48. The Kier molecular flexibility index (Phi) is 6.88. The van der Waals surface area contributed by atoms with Gasteiger partial charge >= 0.3 is 0 Å². The van der Waals surface area contributed by atoms with Gasteiger partial charge in [-0.3, -0.25) is 25.0 Å². The molecule has 0 saturated carbocycles. The number of benzene rings is 2. The molecule has 160 valence electrons. The molecule has 1 heterocycles. The third kappa shape index (κ3) is 5.38. The highest BCUT2D eigenvalue weighted by molar-refractivity contribution is 7.80. The zero-order valence-corrected chi connectivity index (χ0v) is 18.4. The molecule has 1 aromatic heterocycles. The predicted molar refractivity (Wildman–Crippen MR) is 125 cm³/mol. The van der Waals surface area contributed by atoms with Gasteiger partial charge in [0.05, 0.1) is 15.1 Å². The average molecular weight is 458 g/mol. The van der Waals surface area contributed by atoms with Crippen LogP contribution in [-0.2, 0) is 4.79 Å². The summed E-state index contributed by atoms with van der Waals surface area (Å²) in [6.45, 7) is 3.44. The van der Waals surface area contributed by atoms with Gasteiger partial charge in [-0.15, -0.1) is 0 Å². The lowest BCUT2D eigenvalue weighted by molar-refractivity contribution is -0.385. The Hall–Kier alpha value is -3.44. The molecule has 3 N–H and O–H groups in total. The topological polar surface area (TPSA) is 126 Å². The van der Waals surface area contributed by atoms with Crippen molar-refractivity contribution in [1.29, 1.82) is 0 Å². The molecule has 0 radical (unpaired) electrons. The van der Waals surface area contributed by atoms with E-state index >= 15 is 0 Å². The smallest absolute Gasteiger partial charge is 0.273 e. The number of carbonyl (C=O) groups excluding carboxylic acids is 2. The quantitative estimate of drug-likeness (QED) is 0.285. The number of fused-ring (bicyclic) bond motifs is 1. The number of hydrogen-bond acceptors (Lipinski definition) is 7. The fraction of sp³-hybridized carbons (Fsp3) is 0.200. The fourth-order valence-corrected chi connectivity index (χ4v) is 4.00. The first-order chi connectivity index (χ1) is 14.8. The van der Waals surface area contributed by atoms with Crippen molar-refractivity contribution < 1.29 is 14.5 Å². The van der Waals surface area contributed by atoms with Crippen LogP contribution in [0.4, 0.5) is 16.5 Å². The number of nitro groups is 1. The summed E-state index contributed by atoms with van der Waals surface area (Å²) in [5.74, 6) is -0.626. The van der Waals surface area contributed by atoms with Crippen LogP contribution in [0.2, 0.25) is 0 Å². The molecule has 9 nitrogen and oxygen atoms in total. The monoisotopic (exact) mass is 457 g/mol. The summed E-state index contributed by atoms with van der Waals surface area (Å²) >= 11 is 6.54. The highest BCUT2D eigenvalue weighted by Gasteiger charge is 2.18. The van der Waals surface area contributed by atoms with E-state index in [9.17, 15) is 19.7 Å². The van der Waals surface area contributed by atoms with Gasteiger partial charge in [0.15, 0.2) is 10.2 Å². The van der Waals surface area contributed by atoms with Crippen molar-refractivity contribution >= 4 is 67.2 Å². The van der Waals surface area contributed by atoms with Gasteiger partial charge in [-0.05, 0) is 49.8 Å². The molecule has 3 rings (SSSR count). The predicted octanol–water partition coefficient (Wildman–Crippen LogP) is 4.38. The number of nitro benzene ring substituents is 1. The molecule has 31 heavy (non-hydrogen) atoms. The van der Waals surface area contributed by atoms with Gasteiger partial charge in [0.1, 0.15) is 0 Å². The SMILES string of the molecule is CCCC(=O)Nc1nc2ccc(NC(=S)NC(=O)c3cccc([N+](=O)[O-])c3C)cc2s1. The molecule has 0 spiro atoms. The second-order valence-corrected chi connectivity index (χ2v) is 8.05. The number of hydrogen-bond donors (Lipinski definition) is 3. The molecule has 0 bridgehead atoms. The summed E-state index contributed by atoms with van der Waals surface area (Å²) in [5.41, 5.74) is 1.65. The van der Waals surface area contributed by atoms with E-state index in [0.29, 0.717) is 17.2 Å². The van der Waals surface area contributed by atoms with E-state index in [0.717, 1.165) is 16.6 Å². The number of nitrogens with zero attached hydrogens (tertiary/aromatic N) is 2. The third-order valence-electron chi connectivity index (χ3n) is 4.34. The van der Waals surface area contributed by atoms with Crippen molar-refractivity contribution in [2.75, 3.05) is 10.6 Å². The first kappa shape index (κ1) is 22.2. The van der Waals surface area contributed by atoms with Gasteiger partial charge in [-0.2, -0.15) is 0 Å². The van der Waals surface area contributed by atoms with E-state index in [1.165, 1.54) is 36.5 Å². The molecule has 11 heteroatoms. The van der Waals surface area contributed by atoms with Crippen LogP contribution in [0.5, 0.6) is 0 Å². The van der Waals surface area contributed by atoms with E-state index in [-0.39, 0.29) is 27.8 Å². The van der Waals surface area contributed by atoms with Crippen LogP contribution in [0.25, 0.3) is 10.2 Å². The minimum Gasteiger partial charge on any atom is -0.332 e. The van der Waals surface area contributed by atoms with Gasteiger partial charge in [0.25, 0.3) is 11.6 Å². The summed E-state index contributed by atoms with van der Waals surface area (Å²) in [4.78, 5) is 39.2. The Morgan fingerprint density at radius 2 is 2.00 bits per heavy atom. The molecule has 2 amide bonds. The molecule has 0 saturated heterocycles. The van der Waals surface area contributed by atoms with E-state index < -0.39 is 10.8 Å². The Balaban J connectivity index is 1.69. The molecule has 0 aliphatic rings. The van der Waals surface area contributed by atoms with Crippen LogP contribution in [0.1, 0.15) is 35.7 Å².